The van der Waals surface area contributed by atoms with Crippen LogP contribution in [0.1, 0.15) is 11.1 Å². The van der Waals surface area contributed by atoms with Crippen molar-refractivity contribution in [1.29, 1.82) is 0 Å². The molecule has 4 rings (SSSR count). The molecule has 0 unspecified atom stereocenters. The zero-order valence-corrected chi connectivity index (χ0v) is 19.9. The van der Waals surface area contributed by atoms with Gasteiger partial charge < -0.3 is 0 Å². The van der Waals surface area contributed by atoms with Gasteiger partial charge in [-0.3, -0.25) is 0 Å². The zero-order chi connectivity index (χ0) is 20.6. The molecule has 0 aliphatic rings. The van der Waals surface area contributed by atoms with E-state index in [1.807, 2.05) is 0 Å². The first-order chi connectivity index (χ1) is 14.8. The van der Waals surface area contributed by atoms with Gasteiger partial charge in [0.05, 0.1) is 9.52 Å². The molecule has 0 nitrogen and oxygen atoms in total. The second-order valence-electron chi connectivity index (χ2n) is 7.84. The summed E-state index contributed by atoms with van der Waals surface area (Å²) in [6.07, 6.45) is 0.985. The lowest BCUT2D eigenvalue weighted by Crippen LogP contribution is -2.44. The summed E-state index contributed by atoms with van der Waals surface area (Å²) in [5.41, 5.74) is 2.94. The smallest absolute Gasteiger partial charge is 0.103 e. The molecule has 0 aromatic heterocycles. The van der Waals surface area contributed by atoms with Crippen molar-refractivity contribution in [1.82, 2.24) is 0 Å². The maximum Gasteiger partial charge on any atom is 0.128 e. The van der Waals surface area contributed by atoms with E-state index in [9.17, 15) is 0 Å². The van der Waals surface area contributed by atoms with Crippen LogP contribution in [-0.2, 0) is 12.5 Å². The normalized spacial score (nSPS) is 11.2. The van der Waals surface area contributed by atoms with E-state index < -0.39 is 8.80 Å². The maximum absolute atomic E-state index is 4.64. The molecule has 0 amide bonds. The van der Waals surface area contributed by atoms with Gasteiger partial charge in [0.25, 0.3) is 0 Å². The van der Waals surface area contributed by atoms with E-state index in [1.165, 1.54) is 32.7 Å². The molecule has 0 spiro atoms. The summed E-state index contributed by atoms with van der Waals surface area (Å²) in [5, 5.41) is 5.88. The Morgan fingerprint density at radius 2 is 1.13 bits per heavy atom. The minimum absolute atomic E-state index is 0.357. The van der Waals surface area contributed by atoms with E-state index in [2.05, 4.69) is 122 Å². The first kappa shape index (κ1) is 20.3. The van der Waals surface area contributed by atoms with Gasteiger partial charge in [-0.25, -0.2) is 0 Å². The largest absolute Gasteiger partial charge is 0.128 e. The molecule has 0 saturated carbocycles. The van der Waals surface area contributed by atoms with Gasteiger partial charge in [-0.2, -0.15) is 0 Å². The summed E-state index contributed by atoms with van der Waals surface area (Å²) in [5.74, 6) is 0. The van der Waals surface area contributed by atoms with Gasteiger partial charge in [0, 0.05) is 0 Å². The Morgan fingerprint density at radius 3 is 1.73 bits per heavy atom. The highest BCUT2D eigenvalue weighted by atomic mass is 28.3. The first-order valence-electron chi connectivity index (χ1n) is 10.7. The molecule has 0 N–H and O–H groups in total. The van der Waals surface area contributed by atoms with Crippen LogP contribution in [-0.4, -0.2) is 18.3 Å². The molecule has 0 aliphatic heterocycles. The predicted octanol–water partition coefficient (Wildman–Crippen LogP) is 3.36. The fraction of sp³-hybridized carbons (Fsp3) is 0.0714. The van der Waals surface area contributed by atoms with Crippen LogP contribution in [0.5, 0.6) is 0 Å². The summed E-state index contributed by atoms with van der Waals surface area (Å²) in [6, 6.07) is 43.1. The molecular formula is C28H28Si2. The minimum atomic E-state index is -1.49. The SMILES string of the molecule is C=C(Cc1ccccc1[SiH2]Cc1ccccc1)[SiH](c1ccccc1)c1ccccc1. The van der Waals surface area contributed by atoms with Crippen molar-refractivity contribution in [3.8, 4) is 0 Å². The van der Waals surface area contributed by atoms with Crippen LogP contribution in [0.25, 0.3) is 0 Å². The van der Waals surface area contributed by atoms with E-state index in [4.69, 9.17) is 0 Å². The van der Waals surface area contributed by atoms with E-state index in [-0.39, 0.29) is 9.52 Å². The van der Waals surface area contributed by atoms with Gasteiger partial charge >= 0.3 is 0 Å². The van der Waals surface area contributed by atoms with Crippen molar-refractivity contribution < 1.29 is 0 Å². The van der Waals surface area contributed by atoms with Crippen LogP contribution in [0, 0.1) is 0 Å². The molecule has 4 aromatic carbocycles. The second kappa shape index (κ2) is 10.2. The molecule has 0 aliphatic carbocycles. The third-order valence-electron chi connectivity index (χ3n) is 5.74. The molecule has 2 heteroatoms. The van der Waals surface area contributed by atoms with Crippen LogP contribution in [0.2, 0.25) is 0 Å². The van der Waals surface area contributed by atoms with Crippen molar-refractivity contribution in [3.05, 3.63) is 138 Å². The van der Waals surface area contributed by atoms with Gasteiger partial charge in [-0.1, -0.05) is 142 Å². The molecular weight excluding hydrogens is 392 g/mol. The number of hydrogen-bond donors (Lipinski definition) is 0. The average molecular weight is 421 g/mol. The topological polar surface area (TPSA) is 0 Å². The van der Waals surface area contributed by atoms with Crippen LogP contribution in [0.15, 0.2) is 127 Å². The summed E-state index contributed by atoms with van der Waals surface area (Å²) in [7, 11) is -1.85. The lowest BCUT2D eigenvalue weighted by Gasteiger charge is -2.21. The van der Waals surface area contributed by atoms with Gasteiger partial charge in [0.2, 0.25) is 0 Å². The van der Waals surface area contributed by atoms with Crippen molar-refractivity contribution in [2.24, 2.45) is 0 Å². The molecule has 0 atom stereocenters. The van der Waals surface area contributed by atoms with Crippen molar-refractivity contribution >= 4 is 33.9 Å². The summed E-state index contributed by atoms with van der Waals surface area (Å²) < 4.78 is 0. The van der Waals surface area contributed by atoms with Crippen molar-refractivity contribution in [2.45, 2.75) is 12.5 Å². The fourth-order valence-electron chi connectivity index (χ4n) is 4.20. The van der Waals surface area contributed by atoms with E-state index in [1.54, 1.807) is 5.19 Å². The van der Waals surface area contributed by atoms with Gasteiger partial charge in [0.1, 0.15) is 8.80 Å². The summed E-state index contributed by atoms with van der Waals surface area (Å²) >= 11 is 0. The number of allylic oxidation sites excluding steroid dienone is 1. The molecule has 0 heterocycles. The van der Waals surface area contributed by atoms with E-state index >= 15 is 0 Å². The standard InChI is InChI=1S/C28H28Si2/c1-23(30(26-16-7-3-8-17-26)27-18-9-4-10-19-27)21-25-15-11-12-20-28(25)29-22-24-13-5-2-6-14-24/h2-20,30H,1,21-22,29H2. The van der Waals surface area contributed by atoms with Crippen LogP contribution >= 0.6 is 0 Å². The third-order valence-corrected chi connectivity index (χ3v) is 10.9. The Morgan fingerprint density at radius 1 is 0.633 bits per heavy atom. The quantitative estimate of drug-likeness (QED) is 0.384. The Balaban J connectivity index is 1.57. The van der Waals surface area contributed by atoms with Crippen molar-refractivity contribution in [3.63, 3.8) is 0 Å². The number of benzene rings is 4. The highest BCUT2D eigenvalue weighted by molar-refractivity contribution is 6.90. The predicted molar refractivity (Wildman–Crippen MR) is 137 cm³/mol. The Hall–Kier alpha value is -2.95. The Bertz CT molecular complexity index is 1030. The fourth-order valence-corrected chi connectivity index (χ4v) is 8.92. The molecule has 4 aromatic rings. The first-order valence-corrected chi connectivity index (χ1v) is 14.1. The lowest BCUT2D eigenvalue weighted by atomic mass is 10.1. The minimum Gasteiger partial charge on any atom is -0.103 e. The lowest BCUT2D eigenvalue weighted by molar-refractivity contribution is 1.25. The number of rotatable bonds is 8. The van der Waals surface area contributed by atoms with Gasteiger partial charge in [-0.05, 0) is 18.0 Å². The Labute approximate surface area is 184 Å². The van der Waals surface area contributed by atoms with Crippen molar-refractivity contribution in [2.75, 3.05) is 0 Å². The maximum atomic E-state index is 4.64. The summed E-state index contributed by atoms with van der Waals surface area (Å²) in [6.45, 7) is 4.64. The number of hydrogen-bond acceptors (Lipinski definition) is 0. The highest BCUT2D eigenvalue weighted by Gasteiger charge is 2.20. The molecule has 30 heavy (non-hydrogen) atoms. The van der Waals surface area contributed by atoms with Crippen LogP contribution in [0.4, 0.5) is 0 Å². The second-order valence-corrected chi connectivity index (χ2v) is 12.6. The molecule has 0 saturated heterocycles. The molecule has 148 valence electrons. The van der Waals surface area contributed by atoms with Crippen LogP contribution in [0.3, 0.4) is 0 Å². The molecule has 0 fully saturated rings. The van der Waals surface area contributed by atoms with E-state index in [0.29, 0.717) is 0 Å². The van der Waals surface area contributed by atoms with Gasteiger partial charge in [-0.15, -0.1) is 6.58 Å². The van der Waals surface area contributed by atoms with Gasteiger partial charge in [0.15, 0.2) is 0 Å². The molecule has 0 radical (unpaired) electrons. The molecule has 0 bridgehead atoms. The average Bonchev–Trinajstić information content (AvgIpc) is 2.81. The monoisotopic (exact) mass is 420 g/mol. The highest BCUT2D eigenvalue weighted by Crippen LogP contribution is 2.10. The zero-order valence-electron chi connectivity index (χ0n) is 17.4. The third kappa shape index (κ3) is 5.15. The van der Waals surface area contributed by atoms with E-state index in [0.717, 1.165) is 6.42 Å². The summed E-state index contributed by atoms with van der Waals surface area (Å²) in [4.78, 5) is 0. The van der Waals surface area contributed by atoms with Crippen LogP contribution < -0.4 is 15.6 Å². The Kier molecular flexibility index (Phi) is 6.91.